The van der Waals surface area contributed by atoms with E-state index in [2.05, 4.69) is 47.5 Å². The van der Waals surface area contributed by atoms with Gasteiger partial charge in [-0.25, -0.2) is 8.78 Å². The van der Waals surface area contributed by atoms with Gasteiger partial charge in [-0.1, -0.05) is 42.5 Å². The third-order valence-corrected chi connectivity index (χ3v) is 8.71. The van der Waals surface area contributed by atoms with Crippen LogP contribution >= 0.6 is 0 Å². The average Bonchev–Trinajstić information content (AvgIpc) is 3.36. The molecular weight excluding hydrogens is 442 g/mol. The zero-order chi connectivity index (χ0) is 24.6. The van der Waals surface area contributed by atoms with Crippen LogP contribution in [0.5, 0.6) is 0 Å². The Balaban J connectivity index is 1.02. The Labute approximate surface area is 208 Å². The summed E-state index contributed by atoms with van der Waals surface area (Å²) in [5.74, 6) is -0.287. The molecule has 2 aliphatic carbocycles. The third-order valence-electron chi connectivity index (χ3n) is 8.71. The van der Waals surface area contributed by atoms with Crippen molar-refractivity contribution in [2.75, 3.05) is 18.4 Å². The van der Waals surface area contributed by atoms with E-state index in [9.17, 15) is 13.6 Å². The van der Waals surface area contributed by atoms with E-state index >= 15 is 0 Å². The Kier molecular flexibility index (Phi) is 6.98. The summed E-state index contributed by atoms with van der Waals surface area (Å²) in [6.07, 6.45) is 6.47. The van der Waals surface area contributed by atoms with Crippen LogP contribution in [-0.2, 0) is 10.7 Å². The number of carbonyl (C=O) groups excluding carboxylic acids is 1. The minimum atomic E-state index is -2.82. The molecule has 1 aliphatic heterocycles. The fourth-order valence-electron chi connectivity index (χ4n) is 6.58. The van der Waals surface area contributed by atoms with Gasteiger partial charge in [0.15, 0.2) is 0 Å². The van der Waals surface area contributed by atoms with E-state index in [-0.39, 0.29) is 17.5 Å². The van der Waals surface area contributed by atoms with E-state index in [1.165, 1.54) is 43.4 Å². The third kappa shape index (κ3) is 5.61. The number of nitrogens with zero attached hydrogens (tertiary/aromatic N) is 1. The van der Waals surface area contributed by atoms with Crippen LogP contribution in [0.15, 0.2) is 54.6 Å². The van der Waals surface area contributed by atoms with Crippen LogP contribution in [0.25, 0.3) is 0 Å². The highest BCUT2D eigenvalue weighted by atomic mass is 19.3. The molecule has 0 bridgehead atoms. The average molecular weight is 481 g/mol. The standard InChI is InChI=1S/C30H38F2N2O/c1-20(33-24-13-11-23(12-14-24)30(2,31)32)8-17-28(35)29-26-18-34(19-27(26)29)25-15-9-22(10-16-25)21-6-4-3-5-7-21/h3-7,11-14,20,22,25-27,29,33H,8-10,15-19H2,1-2H3/t20?,22?,25?,26-,27+,29?. The second kappa shape index (κ2) is 10.0. The van der Waals surface area contributed by atoms with Crippen LogP contribution < -0.4 is 5.32 Å². The maximum Gasteiger partial charge on any atom is 0.270 e. The molecule has 2 unspecified atom stereocenters. The van der Waals surface area contributed by atoms with Crippen molar-refractivity contribution in [1.82, 2.24) is 4.90 Å². The van der Waals surface area contributed by atoms with E-state index in [0.717, 1.165) is 32.1 Å². The normalized spacial score (nSPS) is 29.4. The largest absolute Gasteiger partial charge is 0.383 e. The number of hydrogen-bond acceptors (Lipinski definition) is 3. The van der Waals surface area contributed by atoms with Crippen molar-refractivity contribution < 1.29 is 13.6 Å². The second-order valence-electron chi connectivity index (χ2n) is 11.2. The number of ketones is 1. The van der Waals surface area contributed by atoms with Gasteiger partial charge in [-0.15, -0.1) is 0 Å². The zero-order valence-electron chi connectivity index (χ0n) is 20.9. The van der Waals surface area contributed by atoms with Gasteiger partial charge in [-0.05, 0) is 74.5 Å². The van der Waals surface area contributed by atoms with Crippen molar-refractivity contribution in [3.8, 4) is 0 Å². The predicted octanol–water partition coefficient (Wildman–Crippen LogP) is 6.85. The molecule has 2 aromatic carbocycles. The highest BCUT2D eigenvalue weighted by Crippen LogP contribution is 2.54. The van der Waals surface area contributed by atoms with Crippen LogP contribution in [0, 0.1) is 17.8 Å². The topological polar surface area (TPSA) is 32.3 Å². The molecule has 0 radical (unpaired) electrons. The maximum atomic E-state index is 13.4. The number of benzene rings is 2. The summed E-state index contributed by atoms with van der Waals surface area (Å²) >= 11 is 0. The van der Waals surface area contributed by atoms with Crippen molar-refractivity contribution in [3.63, 3.8) is 0 Å². The van der Waals surface area contributed by atoms with Gasteiger partial charge in [-0.2, -0.15) is 0 Å². The van der Waals surface area contributed by atoms with E-state index in [1.807, 2.05) is 0 Å². The number of piperidine rings is 1. The Morgan fingerprint density at radius 3 is 2.23 bits per heavy atom. The summed E-state index contributed by atoms with van der Waals surface area (Å²) in [6.45, 7) is 5.16. The smallest absolute Gasteiger partial charge is 0.270 e. The van der Waals surface area contributed by atoms with Crippen molar-refractivity contribution in [3.05, 3.63) is 65.7 Å². The second-order valence-corrected chi connectivity index (χ2v) is 11.2. The van der Waals surface area contributed by atoms with Crippen molar-refractivity contribution >= 4 is 11.5 Å². The molecule has 5 rings (SSSR count). The van der Waals surface area contributed by atoms with Gasteiger partial charge < -0.3 is 5.32 Å². The number of likely N-dealkylation sites (tertiary alicyclic amines) is 1. The Morgan fingerprint density at radius 2 is 1.63 bits per heavy atom. The van der Waals surface area contributed by atoms with Gasteiger partial charge in [0.05, 0.1) is 0 Å². The molecule has 1 saturated heterocycles. The van der Waals surface area contributed by atoms with E-state index in [1.54, 1.807) is 12.1 Å². The molecule has 1 N–H and O–H groups in total. The van der Waals surface area contributed by atoms with E-state index < -0.39 is 5.92 Å². The number of rotatable bonds is 9. The van der Waals surface area contributed by atoms with Gasteiger partial charge >= 0.3 is 0 Å². The Hall–Kier alpha value is -2.27. The number of alkyl halides is 2. The Morgan fingerprint density at radius 1 is 1.00 bits per heavy atom. The number of halogens is 2. The van der Waals surface area contributed by atoms with Crippen LogP contribution in [-0.4, -0.2) is 35.9 Å². The van der Waals surface area contributed by atoms with Gasteiger partial charge in [0, 0.05) is 55.7 Å². The molecule has 3 nitrogen and oxygen atoms in total. The first-order chi connectivity index (χ1) is 16.8. The SMILES string of the molecule is CC(CCC(=O)C1[C@H]2CN(C3CCC(c4ccccc4)CC3)C[C@@H]12)Nc1ccc(C(C)(F)F)cc1. The molecule has 188 valence electrons. The summed E-state index contributed by atoms with van der Waals surface area (Å²) in [4.78, 5) is 15.6. The number of nitrogens with one attached hydrogen (secondary N) is 1. The summed E-state index contributed by atoms with van der Waals surface area (Å²) in [5.41, 5.74) is 2.33. The van der Waals surface area contributed by atoms with Crippen LogP contribution in [0.1, 0.15) is 69.4 Å². The number of Topliss-reactive ketones (excluding diaryl/α,β-unsaturated/α-hetero) is 1. The molecule has 5 heteroatoms. The fraction of sp³-hybridized carbons (Fsp3) is 0.567. The number of fused-ring (bicyclic) bond motifs is 1. The van der Waals surface area contributed by atoms with Gasteiger partial charge in [0.1, 0.15) is 5.78 Å². The van der Waals surface area contributed by atoms with E-state index in [0.29, 0.717) is 36.0 Å². The lowest BCUT2D eigenvalue weighted by Crippen LogP contribution is -2.38. The quantitative estimate of drug-likeness (QED) is 0.426. The monoisotopic (exact) mass is 480 g/mol. The molecular formula is C30H38F2N2O. The van der Waals surface area contributed by atoms with E-state index in [4.69, 9.17) is 0 Å². The van der Waals surface area contributed by atoms with Crippen LogP contribution in [0.3, 0.4) is 0 Å². The van der Waals surface area contributed by atoms with Crippen molar-refractivity contribution in [2.24, 2.45) is 17.8 Å². The lowest BCUT2D eigenvalue weighted by Gasteiger charge is -2.36. The molecule has 2 saturated carbocycles. The molecule has 3 aliphatic rings. The molecule has 35 heavy (non-hydrogen) atoms. The number of hydrogen-bond donors (Lipinski definition) is 1. The first-order valence-corrected chi connectivity index (χ1v) is 13.4. The molecule has 2 aromatic rings. The maximum absolute atomic E-state index is 13.4. The molecule has 0 amide bonds. The molecule has 0 aromatic heterocycles. The van der Waals surface area contributed by atoms with Crippen LogP contribution in [0.2, 0.25) is 0 Å². The molecule has 4 atom stereocenters. The predicted molar refractivity (Wildman–Crippen MR) is 137 cm³/mol. The van der Waals surface area contributed by atoms with Crippen LogP contribution in [0.4, 0.5) is 14.5 Å². The van der Waals surface area contributed by atoms with Crippen molar-refractivity contribution in [1.29, 1.82) is 0 Å². The summed E-state index contributed by atoms with van der Waals surface area (Å²) < 4.78 is 26.8. The number of carbonyl (C=O) groups is 1. The first kappa shape index (κ1) is 24.4. The van der Waals surface area contributed by atoms with Gasteiger partial charge in [0.2, 0.25) is 0 Å². The summed E-state index contributed by atoms with van der Waals surface area (Å²) in [7, 11) is 0. The summed E-state index contributed by atoms with van der Waals surface area (Å²) in [6, 6.07) is 18.1. The highest BCUT2D eigenvalue weighted by molar-refractivity contribution is 5.84. The lowest BCUT2D eigenvalue weighted by molar-refractivity contribution is -0.121. The van der Waals surface area contributed by atoms with Crippen molar-refractivity contribution in [2.45, 2.75) is 76.3 Å². The first-order valence-electron chi connectivity index (χ1n) is 13.4. The highest BCUT2D eigenvalue weighted by Gasteiger charge is 2.59. The molecule has 3 fully saturated rings. The Bertz CT molecular complexity index is 983. The zero-order valence-corrected chi connectivity index (χ0v) is 20.9. The number of anilines is 1. The van der Waals surface area contributed by atoms with Gasteiger partial charge in [-0.3, -0.25) is 9.69 Å². The summed E-state index contributed by atoms with van der Waals surface area (Å²) in [5, 5.41) is 3.35. The van der Waals surface area contributed by atoms with Gasteiger partial charge in [0.25, 0.3) is 5.92 Å². The molecule has 1 heterocycles. The minimum absolute atomic E-state index is 0.0180. The lowest BCUT2D eigenvalue weighted by atomic mass is 9.81. The molecule has 0 spiro atoms. The fourth-order valence-corrected chi connectivity index (χ4v) is 6.58. The minimum Gasteiger partial charge on any atom is -0.383 e.